The average Bonchev–Trinajstić information content (AvgIpc) is 2.96. The van der Waals surface area contributed by atoms with E-state index < -0.39 is 15.4 Å². The summed E-state index contributed by atoms with van der Waals surface area (Å²) in [6.45, 7) is 7.00. The minimum atomic E-state index is -2.99. The number of rotatable bonds is 4. The molecule has 1 aliphatic heterocycles. The van der Waals surface area contributed by atoms with Crippen LogP contribution in [0.5, 0.6) is 5.75 Å². The Balaban J connectivity index is 2.04. The molecule has 0 amide bonds. The van der Waals surface area contributed by atoms with Crippen molar-refractivity contribution in [2.75, 3.05) is 19.5 Å². The highest BCUT2D eigenvalue weighted by molar-refractivity contribution is 7.72. The second-order valence-corrected chi connectivity index (χ2v) is 16.5. The summed E-state index contributed by atoms with van der Waals surface area (Å²) in [6.07, 6.45) is 0. The van der Waals surface area contributed by atoms with Crippen molar-refractivity contribution in [3.8, 4) is 16.9 Å². The summed E-state index contributed by atoms with van der Waals surface area (Å²) < 4.78 is 26.4. The van der Waals surface area contributed by atoms with Crippen LogP contribution in [0.1, 0.15) is 6.92 Å². The van der Waals surface area contributed by atoms with E-state index in [9.17, 15) is 4.57 Å². The smallest absolute Gasteiger partial charge is 0.230 e. The van der Waals surface area contributed by atoms with Crippen LogP contribution in [0, 0.1) is 0 Å². The zero-order valence-electron chi connectivity index (χ0n) is 18.4. The molecule has 5 heteroatoms. The van der Waals surface area contributed by atoms with Gasteiger partial charge in [0.1, 0.15) is 5.75 Å². The maximum atomic E-state index is 14.4. The molecule has 0 radical (unpaired) electrons. The van der Waals surface area contributed by atoms with Crippen molar-refractivity contribution in [2.45, 2.75) is 20.0 Å². The zero-order chi connectivity index (χ0) is 21.8. The molecule has 0 fully saturated rings. The molecule has 0 N–H and O–H groups in total. The van der Waals surface area contributed by atoms with Crippen LogP contribution in [0.4, 0.5) is 0 Å². The van der Waals surface area contributed by atoms with Gasteiger partial charge in [0.15, 0.2) is 0 Å². The van der Waals surface area contributed by atoms with Crippen LogP contribution >= 0.6 is 7.37 Å². The van der Waals surface area contributed by atoms with E-state index in [1.165, 1.54) is 10.6 Å². The van der Waals surface area contributed by atoms with Crippen LogP contribution in [0.3, 0.4) is 0 Å². The summed E-state index contributed by atoms with van der Waals surface area (Å²) in [5.41, 5.74) is 2.04. The first-order valence-corrected chi connectivity index (χ1v) is 15.8. The molecule has 158 valence electrons. The lowest BCUT2D eigenvalue weighted by Crippen LogP contribution is -2.44. The van der Waals surface area contributed by atoms with Gasteiger partial charge in [-0.1, -0.05) is 73.8 Å². The number of methoxy groups -OCH3 is 1. The largest absolute Gasteiger partial charge is 0.496 e. The predicted octanol–water partition coefficient (Wildman–Crippen LogP) is 6.08. The van der Waals surface area contributed by atoms with Crippen LogP contribution in [0.15, 0.2) is 66.7 Å². The fourth-order valence-corrected chi connectivity index (χ4v) is 15.3. The highest BCUT2D eigenvalue weighted by Crippen LogP contribution is 2.55. The Hall–Kier alpha value is -2.39. The van der Waals surface area contributed by atoms with Gasteiger partial charge in [-0.3, -0.25) is 4.57 Å². The van der Waals surface area contributed by atoms with Crippen molar-refractivity contribution in [3.63, 3.8) is 0 Å². The Kier molecular flexibility index (Phi) is 4.85. The Morgan fingerprint density at radius 3 is 2.23 bits per heavy atom. The summed E-state index contributed by atoms with van der Waals surface area (Å²) in [4.78, 5) is 0. The molecule has 1 heterocycles. The minimum absolute atomic E-state index is 0.445. The third-order valence-electron chi connectivity index (χ3n) is 6.39. The zero-order valence-corrected chi connectivity index (χ0v) is 20.3. The first-order valence-electron chi connectivity index (χ1n) is 10.8. The van der Waals surface area contributed by atoms with Crippen molar-refractivity contribution in [3.05, 3.63) is 66.7 Å². The maximum absolute atomic E-state index is 14.4. The molecule has 1 aliphatic rings. The maximum Gasteiger partial charge on any atom is 0.230 e. The van der Waals surface area contributed by atoms with Gasteiger partial charge in [0.25, 0.3) is 0 Å². The lowest BCUT2D eigenvalue weighted by Gasteiger charge is -2.22. The predicted molar refractivity (Wildman–Crippen MR) is 134 cm³/mol. The summed E-state index contributed by atoms with van der Waals surface area (Å²) in [5, 5.41) is 6.71. The highest BCUT2D eigenvalue weighted by atomic mass is 31.2. The second kappa shape index (κ2) is 7.34. The van der Waals surface area contributed by atoms with Crippen LogP contribution in [-0.4, -0.2) is 27.6 Å². The van der Waals surface area contributed by atoms with Crippen molar-refractivity contribution in [1.82, 2.24) is 0 Å². The second-order valence-electron chi connectivity index (χ2n) is 8.87. The number of ether oxygens (including phenoxy) is 1. The van der Waals surface area contributed by atoms with E-state index in [1.807, 2.05) is 19.1 Å². The quantitative estimate of drug-likeness (QED) is 0.282. The van der Waals surface area contributed by atoms with Gasteiger partial charge in [-0.2, -0.15) is 0 Å². The fourth-order valence-electron chi connectivity index (χ4n) is 5.14. The summed E-state index contributed by atoms with van der Waals surface area (Å²) >= 11 is 0. The molecule has 1 unspecified atom stereocenters. The molecule has 0 aromatic heterocycles. The first kappa shape index (κ1) is 20.5. The van der Waals surface area contributed by atoms with E-state index in [2.05, 4.69) is 67.7 Å². The lowest BCUT2D eigenvalue weighted by atomic mass is 9.93. The van der Waals surface area contributed by atoms with E-state index in [4.69, 9.17) is 9.26 Å². The van der Waals surface area contributed by atoms with Crippen molar-refractivity contribution in [1.29, 1.82) is 0 Å². The Morgan fingerprint density at radius 1 is 0.903 bits per heavy atom. The molecule has 5 rings (SSSR count). The number of benzene rings is 4. The highest BCUT2D eigenvalue weighted by Gasteiger charge is 2.49. The molecule has 0 saturated heterocycles. The number of fused-ring (bicyclic) bond motifs is 3. The van der Waals surface area contributed by atoms with Crippen LogP contribution in [0.25, 0.3) is 32.7 Å². The first-order chi connectivity index (χ1) is 14.9. The third kappa shape index (κ3) is 3.08. The van der Waals surface area contributed by atoms with E-state index in [0.29, 0.717) is 12.4 Å². The van der Waals surface area contributed by atoms with Crippen molar-refractivity contribution < 1.29 is 13.8 Å². The molecule has 0 aliphatic carbocycles. The normalized spacial score (nSPS) is 19.6. The molecule has 4 aromatic rings. The van der Waals surface area contributed by atoms with Gasteiger partial charge >= 0.3 is 0 Å². The molecular formula is C26H27O3PSi. The summed E-state index contributed by atoms with van der Waals surface area (Å²) in [7, 11) is -3.22. The standard InChI is InChI=1S/C26H27O3PSi/c1-5-29-30(27)17-31(3,4)23-16-19-11-7-9-13-21(19)25(26(23)30)24-20-12-8-6-10-18(20)14-15-22(24)28-2/h6-16H,5,17H2,1-4H3. The Bertz CT molecular complexity index is 1380. The third-order valence-corrected chi connectivity index (χ3v) is 15.1. The van der Waals surface area contributed by atoms with Gasteiger partial charge in [0.2, 0.25) is 7.37 Å². The minimum Gasteiger partial charge on any atom is -0.496 e. The van der Waals surface area contributed by atoms with Gasteiger partial charge < -0.3 is 9.26 Å². The van der Waals surface area contributed by atoms with Crippen LogP contribution in [-0.2, 0) is 9.09 Å². The van der Waals surface area contributed by atoms with Gasteiger partial charge in [-0.05, 0) is 39.7 Å². The van der Waals surface area contributed by atoms with E-state index in [0.717, 1.165) is 38.3 Å². The van der Waals surface area contributed by atoms with E-state index in [-0.39, 0.29) is 0 Å². The molecule has 1 atom stereocenters. The molecule has 3 nitrogen and oxygen atoms in total. The molecular weight excluding hydrogens is 419 g/mol. The fraction of sp³-hybridized carbons (Fsp3) is 0.231. The Morgan fingerprint density at radius 2 is 1.55 bits per heavy atom. The Labute approximate surface area is 184 Å². The van der Waals surface area contributed by atoms with E-state index in [1.54, 1.807) is 7.11 Å². The molecule has 4 aromatic carbocycles. The van der Waals surface area contributed by atoms with Crippen molar-refractivity contribution in [2.24, 2.45) is 0 Å². The lowest BCUT2D eigenvalue weighted by molar-refractivity contribution is 0.344. The van der Waals surface area contributed by atoms with Gasteiger partial charge in [0, 0.05) is 22.2 Å². The molecule has 0 saturated carbocycles. The van der Waals surface area contributed by atoms with Crippen LogP contribution in [0.2, 0.25) is 13.1 Å². The van der Waals surface area contributed by atoms with Gasteiger partial charge in [-0.25, -0.2) is 0 Å². The van der Waals surface area contributed by atoms with Gasteiger partial charge in [-0.15, -0.1) is 0 Å². The average molecular weight is 447 g/mol. The molecule has 31 heavy (non-hydrogen) atoms. The monoisotopic (exact) mass is 446 g/mol. The molecule has 0 bridgehead atoms. The van der Waals surface area contributed by atoms with Crippen LogP contribution < -0.4 is 15.2 Å². The van der Waals surface area contributed by atoms with Crippen molar-refractivity contribution >= 4 is 47.5 Å². The molecule has 0 spiro atoms. The summed E-state index contributed by atoms with van der Waals surface area (Å²) in [6, 6.07) is 23.2. The van der Waals surface area contributed by atoms with E-state index >= 15 is 0 Å². The summed E-state index contributed by atoms with van der Waals surface area (Å²) in [5.74, 6) is 1.45. The number of hydrogen-bond acceptors (Lipinski definition) is 3. The number of hydrogen-bond donors (Lipinski definition) is 0. The SMILES string of the molecule is CCOP1(=O)C[Si](C)(C)c2cc3ccccc3c(-c3c(OC)ccc4ccccc34)c21. The van der Waals surface area contributed by atoms with Gasteiger partial charge in [0.05, 0.1) is 21.8 Å². The topological polar surface area (TPSA) is 35.5 Å².